The molecular weight excluding hydrogens is 421 g/mol. The number of thiazole rings is 2. The number of carbonyl (C=O) groups is 1. The smallest absolute Gasteiger partial charge is 0.241 e. The summed E-state index contributed by atoms with van der Waals surface area (Å²) in [4.78, 5) is 20.9. The molecule has 2 aromatic carbocycles. The molecule has 0 radical (unpaired) electrons. The molecule has 10 heteroatoms. The average Bonchev–Trinajstić information content (AvgIpc) is 3.28. The lowest BCUT2D eigenvalue weighted by Gasteiger charge is -2.04. The molecule has 0 aliphatic carbocycles. The topological polar surface area (TPSA) is 89.0 Å². The number of benzene rings is 2. The minimum absolute atomic E-state index is 0.113. The Kier molecular flexibility index (Phi) is 4.92. The van der Waals surface area contributed by atoms with E-state index in [0.717, 1.165) is 39.5 Å². The van der Waals surface area contributed by atoms with Gasteiger partial charge in [0.05, 0.1) is 15.1 Å². The fourth-order valence-corrected chi connectivity index (χ4v) is 5.31. The van der Waals surface area contributed by atoms with Crippen molar-refractivity contribution in [3.05, 3.63) is 59.7 Å². The molecule has 0 bridgehead atoms. The third-order valence-electron chi connectivity index (χ3n) is 3.76. The van der Waals surface area contributed by atoms with Gasteiger partial charge < -0.3 is 5.32 Å². The summed E-state index contributed by atoms with van der Waals surface area (Å²) in [6, 6.07) is 12.0. The van der Waals surface area contributed by atoms with Crippen LogP contribution in [0.5, 0.6) is 0 Å². The fourth-order valence-electron chi connectivity index (χ4n) is 2.46. The van der Waals surface area contributed by atoms with Crippen LogP contribution in [0, 0.1) is 5.82 Å². The number of aromatic nitrogens is 2. The van der Waals surface area contributed by atoms with Gasteiger partial charge in [-0.05, 0) is 36.4 Å². The Labute approximate surface area is 167 Å². The minimum atomic E-state index is -3.87. The van der Waals surface area contributed by atoms with Gasteiger partial charge in [0.15, 0.2) is 15.0 Å². The zero-order chi connectivity index (χ0) is 19.7. The number of halogens is 1. The number of nitrogens with one attached hydrogen (secondary N) is 1. The summed E-state index contributed by atoms with van der Waals surface area (Å²) in [5.41, 5.74) is 1.48. The summed E-state index contributed by atoms with van der Waals surface area (Å²) in [5.74, 6) is -2.02. The summed E-state index contributed by atoms with van der Waals surface area (Å²) in [6.07, 6.45) is 0. The van der Waals surface area contributed by atoms with Crippen molar-refractivity contribution in [3.63, 3.8) is 0 Å². The monoisotopic (exact) mass is 433 g/mol. The van der Waals surface area contributed by atoms with Crippen molar-refractivity contribution in [1.82, 2.24) is 9.97 Å². The zero-order valence-corrected chi connectivity index (χ0v) is 16.6. The third kappa shape index (κ3) is 3.93. The second-order valence-corrected chi connectivity index (χ2v) is 9.66. The van der Waals surface area contributed by atoms with E-state index in [0.29, 0.717) is 5.69 Å². The second-order valence-electron chi connectivity index (χ2n) is 5.79. The van der Waals surface area contributed by atoms with Crippen LogP contribution in [0.3, 0.4) is 0 Å². The number of carbonyl (C=O) groups excluding carboxylic acids is 1. The van der Waals surface area contributed by atoms with E-state index in [-0.39, 0.29) is 10.0 Å². The van der Waals surface area contributed by atoms with Gasteiger partial charge >= 0.3 is 0 Å². The van der Waals surface area contributed by atoms with E-state index in [2.05, 4.69) is 15.3 Å². The van der Waals surface area contributed by atoms with Crippen LogP contribution in [0.1, 0.15) is 0 Å². The molecule has 142 valence electrons. The highest BCUT2D eigenvalue weighted by atomic mass is 32.2. The van der Waals surface area contributed by atoms with E-state index in [1.54, 1.807) is 5.38 Å². The van der Waals surface area contributed by atoms with Crippen LogP contribution in [0.4, 0.5) is 9.52 Å². The molecule has 0 atom stereocenters. The summed E-state index contributed by atoms with van der Waals surface area (Å²) in [6.45, 7) is 0. The first kappa shape index (κ1) is 18.7. The van der Waals surface area contributed by atoms with Gasteiger partial charge in [-0.1, -0.05) is 12.1 Å². The van der Waals surface area contributed by atoms with Crippen LogP contribution in [0.25, 0.3) is 20.9 Å². The molecular formula is C18H12FN3O3S3. The molecule has 0 aliphatic rings. The molecule has 28 heavy (non-hydrogen) atoms. The van der Waals surface area contributed by atoms with Gasteiger partial charge in [-0.15, -0.1) is 22.7 Å². The van der Waals surface area contributed by atoms with Gasteiger partial charge in [-0.2, -0.15) is 0 Å². The molecule has 4 rings (SSSR count). The number of anilines is 1. The molecule has 0 spiro atoms. The number of rotatable bonds is 5. The SMILES string of the molecule is O=C(CS(=O)(=O)c1ccc(F)cc1)Nc1nc(-c2nc3ccccc3s2)cs1. The molecule has 1 amide bonds. The summed E-state index contributed by atoms with van der Waals surface area (Å²) in [5, 5.41) is 5.25. The van der Waals surface area contributed by atoms with Gasteiger partial charge in [0.1, 0.15) is 22.3 Å². The first-order valence-electron chi connectivity index (χ1n) is 8.00. The Morgan fingerprint density at radius 1 is 1.07 bits per heavy atom. The predicted octanol–water partition coefficient (Wildman–Crippen LogP) is 3.97. The second kappa shape index (κ2) is 7.38. The first-order valence-corrected chi connectivity index (χ1v) is 11.4. The standard InChI is InChI=1S/C18H12FN3O3S3/c19-11-5-7-12(8-6-11)28(24,25)10-16(23)22-18-21-14(9-26-18)17-20-13-3-1-2-4-15(13)27-17/h1-9H,10H2,(H,21,22,23). The van der Waals surface area contributed by atoms with E-state index < -0.39 is 27.3 Å². The van der Waals surface area contributed by atoms with Crippen molar-refractivity contribution in [1.29, 1.82) is 0 Å². The van der Waals surface area contributed by atoms with E-state index >= 15 is 0 Å². The van der Waals surface area contributed by atoms with Crippen LogP contribution >= 0.6 is 22.7 Å². The highest BCUT2D eigenvalue weighted by molar-refractivity contribution is 7.92. The van der Waals surface area contributed by atoms with Crippen molar-refractivity contribution in [3.8, 4) is 10.7 Å². The van der Waals surface area contributed by atoms with Gasteiger partial charge in [0.25, 0.3) is 0 Å². The Balaban J connectivity index is 1.47. The van der Waals surface area contributed by atoms with Crippen molar-refractivity contribution in [2.75, 3.05) is 11.1 Å². The molecule has 1 N–H and O–H groups in total. The lowest BCUT2D eigenvalue weighted by atomic mass is 10.3. The van der Waals surface area contributed by atoms with Crippen LogP contribution in [-0.4, -0.2) is 30.0 Å². The number of hydrogen-bond acceptors (Lipinski definition) is 7. The van der Waals surface area contributed by atoms with Gasteiger partial charge in [0, 0.05) is 5.38 Å². The average molecular weight is 434 g/mol. The van der Waals surface area contributed by atoms with Gasteiger partial charge in [-0.25, -0.2) is 22.8 Å². The first-order chi connectivity index (χ1) is 13.4. The maximum absolute atomic E-state index is 12.9. The van der Waals surface area contributed by atoms with Crippen molar-refractivity contribution in [2.24, 2.45) is 0 Å². The number of sulfone groups is 1. The highest BCUT2D eigenvalue weighted by Crippen LogP contribution is 2.31. The van der Waals surface area contributed by atoms with E-state index in [1.807, 2.05) is 24.3 Å². The lowest BCUT2D eigenvalue weighted by Crippen LogP contribution is -2.23. The van der Waals surface area contributed by atoms with Gasteiger partial charge in [0.2, 0.25) is 5.91 Å². The predicted molar refractivity (Wildman–Crippen MR) is 108 cm³/mol. The molecule has 0 fully saturated rings. The summed E-state index contributed by atoms with van der Waals surface area (Å²) < 4.78 is 38.5. The molecule has 0 unspecified atom stereocenters. The van der Waals surface area contributed by atoms with E-state index in [9.17, 15) is 17.6 Å². The number of fused-ring (bicyclic) bond motifs is 1. The molecule has 0 saturated carbocycles. The van der Waals surface area contributed by atoms with Crippen molar-refractivity contribution < 1.29 is 17.6 Å². The molecule has 2 heterocycles. The Hall–Kier alpha value is -2.69. The van der Waals surface area contributed by atoms with Crippen molar-refractivity contribution in [2.45, 2.75) is 4.90 Å². The van der Waals surface area contributed by atoms with E-state index in [4.69, 9.17) is 0 Å². The van der Waals surface area contributed by atoms with E-state index in [1.165, 1.54) is 22.7 Å². The minimum Gasteiger partial charge on any atom is -0.301 e. The van der Waals surface area contributed by atoms with Crippen molar-refractivity contribution >= 4 is 53.8 Å². The zero-order valence-electron chi connectivity index (χ0n) is 14.1. The summed E-state index contributed by atoms with van der Waals surface area (Å²) >= 11 is 2.67. The fraction of sp³-hybridized carbons (Fsp3) is 0.0556. The molecule has 6 nitrogen and oxygen atoms in total. The molecule has 0 saturated heterocycles. The third-order valence-corrected chi connectivity index (χ3v) is 7.21. The Bertz CT molecular complexity index is 1230. The number of nitrogens with zero attached hydrogens (tertiary/aromatic N) is 2. The van der Waals surface area contributed by atoms with Gasteiger partial charge in [-0.3, -0.25) is 4.79 Å². The van der Waals surface area contributed by atoms with Crippen LogP contribution in [0.2, 0.25) is 0 Å². The molecule has 0 aliphatic heterocycles. The number of amides is 1. The largest absolute Gasteiger partial charge is 0.301 e. The lowest BCUT2D eigenvalue weighted by molar-refractivity contribution is -0.113. The number of para-hydroxylation sites is 1. The van der Waals surface area contributed by atoms with Crippen LogP contribution in [0.15, 0.2) is 58.8 Å². The normalized spacial score (nSPS) is 11.6. The molecule has 4 aromatic rings. The Morgan fingerprint density at radius 2 is 1.82 bits per heavy atom. The quantitative estimate of drug-likeness (QED) is 0.481. The maximum Gasteiger partial charge on any atom is 0.241 e. The highest BCUT2D eigenvalue weighted by Gasteiger charge is 2.20. The number of hydrogen-bond donors (Lipinski definition) is 1. The summed E-state index contributed by atoms with van der Waals surface area (Å²) in [7, 11) is -3.87. The Morgan fingerprint density at radius 3 is 2.57 bits per heavy atom. The molecule has 2 aromatic heterocycles. The van der Waals surface area contributed by atoms with Crippen LogP contribution < -0.4 is 5.32 Å². The van der Waals surface area contributed by atoms with Crippen LogP contribution in [-0.2, 0) is 14.6 Å². The maximum atomic E-state index is 12.9.